The Morgan fingerprint density at radius 1 is 1.37 bits per heavy atom. The fraction of sp³-hybridized carbons (Fsp3) is 0.846. The van der Waals surface area contributed by atoms with Gasteiger partial charge in [0.15, 0.2) is 0 Å². The van der Waals surface area contributed by atoms with Gasteiger partial charge in [0.25, 0.3) is 0 Å². The van der Waals surface area contributed by atoms with Crippen molar-refractivity contribution in [2.24, 2.45) is 5.41 Å². The van der Waals surface area contributed by atoms with Crippen LogP contribution in [-0.2, 0) is 9.53 Å². The summed E-state index contributed by atoms with van der Waals surface area (Å²) >= 11 is 0. The van der Waals surface area contributed by atoms with Crippen LogP contribution < -0.4 is 5.32 Å². The van der Waals surface area contributed by atoms with Gasteiger partial charge >= 0.3 is 6.09 Å². The fourth-order valence-electron chi connectivity index (χ4n) is 2.23. The second-order valence-corrected chi connectivity index (χ2v) is 6.49. The molecule has 0 unspecified atom stereocenters. The Kier molecular flexibility index (Phi) is 4.14. The van der Waals surface area contributed by atoms with Crippen LogP contribution in [0.4, 0.5) is 4.79 Å². The van der Waals surface area contributed by atoms with Gasteiger partial charge in [-0.05, 0) is 20.8 Å². The molecule has 1 saturated heterocycles. The number of ether oxygens (including phenoxy) is 1. The molecule has 1 rings (SSSR count). The number of nitrogens with zero attached hydrogens (tertiary/aromatic N) is 1. The number of β-amino-alcohol motifs (C(OH)–C–C–N with tert-alkyl or cyclic N) is 1. The molecule has 0 bridgehead atoms. The second-order valence-electron chi connectivity index (χ2n) is 6.49. The SMILES string of the molecule is CNC(=O)[C@H]1N(C(=O)OC(C)(C)C)C[C@H](O)C1(C)C. The average Bonchev–Trinajstić information content (AvgIpc) is 2.47. The van der Waals surface area contributed by atoms with Crippen molar-refractivity contribution in [3.63, 3.8) is 0 Å². The first-order valence-corrected chi connectivity index (χ1v) is 6.40. The van der Waals surface area contributed by atoms with Gasteiger partial charge in [-0.25, -0.2) is 4.79 Å². The number of carbonyl (C=O) groups excluding carboxylic acids is 2. The van der Waals surface area contributed by atoms with Gasteiger partial charge in [-0.3, -0.25) is 9.69 Å². The van der Waals surface area contributed by atoms with E-state index in [1.165, 1.54) is 11.9 Å². The van der Waals surface area contributed by atoms with Gasteiger partial charge in [-0.1, -0.05) is 13.8 Å². The minimum atomic E-state index is -0.762. The molecular weight excluding hydrogens is 248 g/mol. The Balaban J connectivity index is 2.99. The van der Waals surface area contributed by atoms with Crippen molar-refractivity contribution < 1.29 is 19.4 Å². The number of aliphatic hydroxyl groups excluding tert-OH is 1. The van der Waals surface area contributed by atoms with E-state index in [1.54, 1.807) is 34.6 Å². The molecule has 0 aromatic carbocycles. The lowest BCUT2D eigenvalue weighted by atomic mass is 9.82. The topological polar surface area (TPSA) is 78.9 Å². The maximum atomic E-state index is 12.1. The molecule has 0 aliphatic carbocycles. The van der Waals surface area contributed by atoms with Crippen LogP contribution in [0.2, 0.25) is 0 Å². The lowest BCUT2D eigenvalue weighted by Gasteiger charge is -2.32. The van der Waals surface area contributed by atoms with Gasteiger partial charge in [-0.15, -0.1) is 0 Å². The highest BCUT2D eigenvalue weighted by Crippen LogP contribution is 2.37. The van der Waals surface area contributed by atoms with Crippen molar-refractivity contribution in [3.05, 3.63) is 0 Å². The summed E-state index contributed by atoms with van der Waals surface area (Å²) in [7, 11) is 1.51. The van der Waals surface area contributed by atoms with E-state index in [0.29, 0.717) is 0 Å². The lowest BCUT2D eigenvalue weighted by molar-refractivity contribution is -0.128. The fourth-order valence-corrected chi connectivity index (χ4v) is 2.23. The van der Waals surface area contributed by atoms with E-state index in [2.05, 4.69) is 5.32 Å². The molecule has 1 aliphatic heterocycles. The molecule has 0 aromatic rings. The predicted octanol–water partition coefficient (Wildman–Crippen LogP) is 0.739. The van der Waals surface area contributed by atoms with E-state index in [4.69, 9.17) is 4.74 Å². The number of carbonyl (C=O) groups is 2. The Morgan fingerprint density at radius 3 is 2.32 bits per heavy atom. The highest BCUT2D eigenvalue weighted by atomic mass is 16.6. The van der Waals surface area contributed by atoms with Gasteiger partial charge in [0.05, 0.1) is 12.6 Å². The molecule has 0 aromatic heterocycles. The van der Waals surface area contributed by atoms with Crippen molar-refractivity contribution in [1.29, 1.82) is 0 Å². The van der Waals surface area contributed by atoms with E-state index in [9.17, 15) is 14.7 Å². The van der Waals surface area contributed by atoms with Gasteiger partial charge in [-0.2, -0.15) is 0 Å². The third-order valence-corrected chi connectivity index (χ3v) is 3.37. The van der Waals surface area contributed by atoms with Crippen molar-refractivity contribution in [3.8, 4) is 0 Å². The zero-order chi connectivity index (χ0) is 15.0. The standard InChI is InChI=1S/C13H24N2O4/c1-12(2,3)19-11(18)15-7-8(16)13(4,5)9(15)10(17)14-6/h8-9,16H,7H2,1-6H3,(H,14,17)/t8-,9+/m0/s1. The molecule has 1 fully saturated rings. The van der Waals surface area contributed by atoms with Crippen LogP contribution in [0.15, 0.2) is 0 Å². The van der Waals surface area contributed by atoms with Crippen LogP contribution >= 0.6 is 0 Å². The molecule has 2 N–H and O–H groups in total. The molecule has 6 nitrogen and oxygen atoms in total. The summed E-state index contributed by atoms with van der Waals surface area (Å²) < 4.78 is 5.28. The summed E-state index contributed by atoms with van der Waals surface area (Å²) in [6, 6.07) is -0.734. The molecule has 19 heavy (non-hydrogen) atoms. The number of aliphatic hydroxyl groups is 1. The van der Waals surface area contributed by atoms with Gasteiger partial charge in [0, 0.05) is 12.5 Å². The lowest BCUT2D eigenvalue weighted by Crippen LogP contribution is -2.51. The molecular formula is C13H24N2O4. The molecule has 0 radical (unpaired) electrons. The minimum absolute atomic E-state index is 0.0972. The van der Waals surface area contributed by atoms with Crippen molar-refractivity contribution >= 4 is 12.0 Å². The Bertz CT molecular complexity index is 373. The molecule has 1 heterocycles. The Hall–Kier alpha value is -1.30. The summed E-state index contributed by atoms with van der Waals surface area (Å²) in [5.74, 6) is -0.299. The van der Waals surface area contributed by atoms with Gasteiger partial charge in [0.2, 0.25) is 5.91 Å². The van der Waals surface area contributed by atoms with Crippen LogP contribution in [-0.4, -0.2) is 53.3 Å². The summed E-state index contributed by atoms with van der Waals surface area (Å²) in [6.07, 6.45) is -1.34. The van der Waals surface area contributed by atoms with Gasteiger partial charge in [0.1, 0.15) is 11.6 Å². The number of likely N-dealkylation sites (N-methyl/N-ethyl adjacent to an activating group) is 1. The highest BCUT2D eigenvalue weighted by Gasteiger charge is 2.53. The summed E-state index contributed by atoms with van der Waals surface area (Å²) in [6.45, 7) is 8.91. The second kappa shape index (κ2) is 5.00. The zero-order valence-corrected chi connectivity index (χ0v) is 12.5. The van der Waals surface area contributed by atoms with E-state index in [0.717, 1.165) is 0 Å². The quantitative estimate of drug-likeness (QED) is 0.738. The zero-order valence-electron chi connectivity index (χ0n) is 12.5. The highest BCUT2D eigenvalue weighted by molar-refractivity contribution is 5.87. The number of hydrogen-bond acceptors (Lipinski definition) is 4. The van der Waals surface area contributed by atoms with E-state index >= 15 is 0 Å². The van der Waals surface area contributed by atoms with Crippen molar-refractivity contribution in [2.75, 3.05) is 13.6 Å². The largest absolute Gasteiger partial charge is 0.444 e. The molecule has 6 heteroatoms. The minimum Gasteiger partial charge on any atom is -0.444 e. The monoisotopic (exact) mass is 272 g/mol. The first kappa shape index (κ1) is 15.8. The maximum absolute atomic E-state index is 12.1. The smallest absolute Gasteiger partial charge is 0.411 e. The van der Waals surface area contributed by atoms with Crippen LogP contribution in [0.5, 0.6) is 0 Å². The van der Waals surface area contributed by atoms with E-state index < -0.39 is 29.3 Å². The first-order chi connectivity index (χ1) is 8.50. The molecule has 0 spiro atoms. The predicted molar refractivity (Wildman–Crippen MR) is 70.6 cm³/mol. The third kappa shape index (κ3) is 3.18. The number of likely N-dealkylation sites (tertiary alicyclic amines) is 1. The summed E-state index contributed by atoms with van der Waals surface area (Å²) in [4.78, 5) is 25.4. The first-order valence-electron chi connectivity index (χ1n) is 6.40. The number of rotatable bonds is 1. The Morgan fingerprint density at radius 2 is 1.89 bits per heavy atom. The number of hydrogen-bond donors (Lipinski definition) is 2. The van der Waals surface area contributed by atoms with Crippen LogP contribution in [0.25, 0.3) is 0 Å². The van der Waals surface area contributed by atoms with Crippen LogP contribution in [0.1, 0.15) is 34.6 Å². The maximum Gasteiger partial charge on any atom is 0.411 e. The summed E-state index contributed by atoms with van der Waals surface area (Å²) in [5, 5.41) is 12.6. The molecule has 1 aliphatic rings. The molecule has 2 atom stereocenters. The molecule has 0 saturated carbocycles. The normalized spacial score (nSPS) is 26.2. The molecule has 110 valence electrons. The van der Waals surface area contributed by atoms with E-state index in [1.807, 2.05) is 0 Å². The number of nitrogens with one attached hydrogen (secondary N) is 1. The van der Waals surface area contributed by atoms with Crippen molar-refractivity contribution in [1.82, 2.24) is 10.2 Å². The number of amides is 2. The molecule has 2 amide bonds. The van der Waals surface area contributed by atoms with E-state index in [-0.39, 0.29) is 12.5 Å². The average molecular weight is 272 g/mol. The summed E-state index contributed by atoms with van der Waals surface area (Å²) in [5.41, 5.74) is -1.35. The third-order valence-electron chi connectivity index (χ3n) is 3.37. The van der Waals surface area contributed by atoms with Gasteiger partial charge < -0.3 is 15.2 Å². The van der Waals surface area contributed by atoms with Crippen molar-refractivity contribution in [2.45, 2.75) is 52.4 Å². The van der Waals surface area contributed by atoms with Crippen LogP contribution in [0.3, 0.4) is 0 Å². The Labute approximate surface area is 114 Å². The van der Waals surface area contributed by atoms with Crippen LogP contribution in [0, 0.1) is 5.41 Å².